The number of nitrogens with one attached hydrogen (secondary N) is 1. The molecule has 0 saturated carbocycles. The molecular formula is C13H17NO2S. The minimum absolute atomic E-state index is 0.562. The molecule has 0 aromatic heterocycles. The summed E-state index contributed by atoms with van der Waals surface area (Å²) in [5.41, 5.74) is 1.46. The van der Waals surface area contributed by atoms with Crippen molar-refractivity contribution in [3.05, 3.63) is 29.8 Å². The van der Waals surface area contributed by atoms with Gasteiger partial charge in [-0.15, -0.1) is 0 Å². The SMILES string of the molecule is CCCCC#Cc1ccc(NS(C)(=O)=O)cc1. The van der Waals surface area contributed by atoms with E-state index in [2.05, 4.69) is 23.5 Å². The first-order valence-electron chi connectivity index (χ1n) is 5.58. The van der Waals surface area contributed by atoms with Gasteiger partial charge in [-0.3, -0.25) is 4.72 Å². The predicted octanol–water partition coefficient (Wildman–Crippen LogP) is 2.60. The van der Waals surface area contributed by atoms with Gasteiger partial charge in [0.25, 0.3) is 0 Å². The Morgan fingerprint density at radius 1 is 1.24 bits per heavy atom. The minimum Gasteiger partial charge on any atom is -0.284 e. The monoisotopic (exact) mass is 251 g/mol. The van der Waals surface area contributed by atoms with Crippen LogP contribution in [0.25, 0.3) is 0 Å². The van der Waals surface area contributed by atoms with Gasteiger partial charge in [0.1, 0.15) is 0 Å². The molecule has 0 amide bonds. The molecule has 0 aliphatic heterocycles. The zero-order chi connectivity index (χ0) is 12.7. The lowest BCUT2D eigenvalue weighted by Crippen LogP contribution is -2.09. The summed E-state index contributed by atoms with van der Waals surface area (Å²) in [5, 5.41) is 0. The molecule has 0 atom stereocenters. The van der Waals surface area contributed by atoms with Crippen LogP contribution >= 0.6 is 0 Å². The minimum atomic E-state index is -3.20. The van der Waals surface area contributed by atoms with Gasteiger partial charge in [-0.25, -0.2) is 8.42 Å². The number of benzene rings is 1. The van der Waals surface area contributed by atoms with Crippen molar-refractivity contribution in [2.24, 2.45) is 0 Å². The summed E-state index contributed by atoms with van der Waals surface area (Å²) in [6.07, 6.45) is 4.29. The van der Waals surface area contributed by atoms with Crippen LogP contribution in [0, 0.1) is 11.8 Å². The largest absolute Gasteiger partial charge is 0.284 e. The predicted molar refractivity (Wildman–Crippen MR) is 71.3 cm³/mol. The molecule has 0 spiro atoms. The van der Waals surface area contributed by atoms with Gasteiger partial charge in [0, 0.05) is 17.7 Å². The van der Waals surface area contributed by atoms with Crippen molar-refractivity contribution >= 4 is 15.7 Å². The average Bonchev–Trinajstić information content (AvgIpc) is 2.25. The third kappa shape index (κ3) is 5.98. The highest BCUT2D eigenvalue weighted by Gasteiger charge is 2.00. The van der Waals surface area contributed by atoms with Gasteiger partial charge in [0.2, 0.25) is 10.0 Å². The molecule has 3 nitrogen and oxygen atoms in total. The Balaban J connectivity index is 2.64. The van der Waals surface area contributed by atoms with E-state index in [1.54, 1.807) is 12.1 Å². The molecule has 0 aliphatic rings. The summed E-state index contributed by atoms with van der Waals surface area (Å²) in [4.78, 5) is 0. The van der Waals surface area contributed by atoms with Crippen LogP contribution in [0.3, 0.4) is 0 Å². The van der Waals surface area contributed by atoms with Crippen LogP contribution < -0.4 is 4.72 Å². The summed E-state index contributed by atoms with van der Waals surface area (Å²) in [6, 6.07) is 7.05. The number of sulfonamides is 1. The highest BCUT2D eigenvalue weighted by Crippen LogP contribution is 2.10. The van der Waals surface area contributed by atoms with Crippen molar-refractivity contribution in [3.8, 4) is 11.8 Å². The molecule has 0 heterocycles. The van der Waals surface area contributed by atoms with E-state index in [0.29, 0.717) is 5.69 Å². The van der Waals surface area contributed by atoms with E-state index in [-0.39, 0.29) is 0 Å². The van der Waals surface area contributed by atoms with Crippen LogP contribution in [-0.4, -0.2) is 14.7 Å². The van der Waals surface area contributed by atoms with Crippen LogP contribution in [0.2, 0.25) is 0 Å². The summed E-state index contributed by atoms with van der Waals surface area (Å²) >= 11 is 0. The Morgan fingerprint density at radius 3 is 2.41 bits per heavy atom. The molecule has 0 fully saturated rings. The maximum atomic E-state index is 11.0. The van der Waals surface area contributed by atoms with E-state index in [1.165, 1.54) is 0 Å². The molecule has 0 unspecified atom stereocenters. The molecule has 1 aromatic rings. The van der Waals surface area contributed by atoms with E-state index < -0.39 is 10.0 Å². The molecule has 1 rings (SSSR count). The number of unbranched alkanes of at least 4 members (excludes halogenated alkanes) is 2. The van der Waals surface area contributed by atoms with Gasteiger partial charge in [-0.05, 0) is 30.7 Å². The van der Waals surface area contributed by atoms with Crippen molar-refractivity contribution in [2.75, 3.05) is 11.0 Å². The van der Waals surface area contributed by atoms with Gasteiger partial charge in [0.05, 0.1) is 6.26 Å². The van der Waals surface area contributed by atoms with Crippen LogP contribution in [0.4, 0.5) is 5.69 Å². The van der Waals surface area contributed by atoms with E-state index in [4.69, 9.17) is 0 Å². The second kappa shape index (κ2) is 6.31. The van der Waals surface area contributed by atoms with Crippen LogP contribution in [-0.2, 0) is 10.0 Å². The summed E-state index contributed by atoms with van der Waals surface area (Å²) in [7, 11) is -3.20. The fraction of sp³-hybridized carbons (Fsp3) is 0.385. The topological polar surface area (TPSA) is 46.2 Å². The quantitative estimate of drug-likeness (QED) is 0.660. The lowest BCUT2D eigenvalue weighted by Gasteiger charge is -2.02. The molecule has 92 valence electrons. The van der Waals surface area contributed by atoms with Crippen molar-refractivity contribution in [3.63, 3.8) is 0 Å². The molecule has 0 saturated heterocycles. The lowest BCUT2D eigenvalue weighted by molar-refractivity contribution is 0.607. The zero-order valence-electron chi connectivity index (χ0n) is 10.2. The summed E-state index contributed by atoms with van der Waals surface area (Å²) in [5.74, 6) is 6.12. The lowest BCUT2D eigenvalue weighted by atomic mass is 10.2. The number of anilines is 1. The van der Waals surface area contributed by atoms with Gasteiger partial charge >= 0.3 is 0 Å². The van der Waals surface area contributed by atoms with Gasteiger partial charge in [-0.1, -0.05) is 25.2 Å². The third-order valence-corrected chi connectivity index (χ3v) is 2.68. The maximum Gasteiger partial charge on any atom is 0.229 e. The second-order valence-electron chi connectivity index (χ2n) is 3.86. The van der Waals surface area contributed by atoms with Crippen LogP contribution in [0.15, 0.2) is 24.3 Å². The van der Waals surface area contributed by atoms with Crippen LogP contribution in [0.5, 0.6) is 0 Å². The first kappa shape index (κ1) is 13.6. The van der Waals surface area contributed by atoms with Crippen molar-refractivity contribution < 1.29 is 8.42 Å². The van der Waals surface area contributed by atoms with Gasteiger partial charge in [0.15, 0.2) is 0 Å². The molecular weight excluding hydrogens is 234 g/mol. The first-order valence-corrected chi connectivity index (χ1v) is 7.47. The van der Waals surface area contributed by atoms with Crippen LogP contribution in [0.1, 0.15) is 31.7 Å². The zero-order valence-corrected chi connectivity index (χ0v) is 11.0. The molecule has 0 bridgehead atoms. The molecule has 1 aromatic carbocycles. The van der Waals surface area contributed by atoms with Gasteiger partial charge < -0.3 is 0 Å². The van der Waals surface area contributed by atoms with Crippen molar-refractivity contribution in [1.82, 2.24) is 0 Å². The van der Waals surface area contributed by atoms with E-state index in [9.17, 15) is 8.42 Å². The molecule has 0 aliphatic carbocycles. The van der Waals surface area contributed by atoms with E-state index >= 15 is 0 Å². The number of hydrogen-bond acceptors (Lipinski definition) is 2. The highest BCUT2D eigenvalue weighted by atomic mass is 32.2. The smallest absolute Gasteiger partial charge is 0.229 e. The Labute approximate surface area is 103 Å². The Kier molecular flexibility index (Phi) is 5.05. The van der Waals surface area contributed by atoms with E-state index in [1.807, 2.05) is 12.1 Å². The van der Waals surface area contributed by atoms with Crippen molar-refractivity contribution in [1.29, 1.82) is 0 Å². The summed E-state index contributed by atoms with van der Waals surface area (Å²) < 4.78 is 24.4. The standard InChI is InChI=1S/C13H17NO2S/c1-3-4-5-6-7-12-8-10-13(11-9-12)14-17(2,15)16/h8-11,14H,3-5H2,1-2H3. The molecule has 0 radical (unpaired) electrons. The average molecular weight is 251 g/mol. The first-order chi connectivity index (χ1) is 8.01. The van der Waals surface area contributed by atoms with Gasteiger partial charge in [-0.2, -0.15) is 0 Å². The Hall–Kier alpha value is -1.47. The molecule has 4 heteroatoms. The molecule has 1 N–H and O–H groups in total. The Morgan fingerprint density at radius 2 is 1.88 bits per heavy atom. The highest BCUT2D eigenvalue weighted by molar-refractivity contribution is 7.92. The second-order valence-corrected chi connectivity index (χ2v) is 5.61. The Bertz CT molecular complexity index is 507. The third-order valence-electron chi connectivity index (χ3n) is 2.08. The number of hydrogen-bond donors (Lipinski definition) is 1. The van der Waals surface area contributed by atoms with Crippen molar-refractivity contribution in [2.45, 2.75) is 26.2 Å². The fourth-order valence-corrected chi connectivity index (χ4v) is 1.83. The van der Waals surface area contributed by atoms with E-state index in [0.717, 1.165) is 31.1 Å². The fourth-order valence-electron chi connectivity index (χ4n) is 1.27. The number of rotatable bonds is 4. The maximum absolute atomic E-state index is 11.0. The normalized spacial score (nSPS) is 10.5. The summed E-state index contributed by atoms with van der Waals surface area (Å²) in [6.45, 7) is 2.13. The molecule has 17 heavy (non-hydrogen) atoms.